The van der Waals surface area contributed by atoms with E-state index in [9.17, 15) is 9.59 Å². The number of esters is 1. The molecular weight excluding hydrogens is 278 g/mol. The maximum absolute atomic E-state index is 12.6. The molecular formula is C18H13NO3. The molecule has 0 bridgehead atoms. The molecule has 0 fully saturated rings. The minimum Gasteiger partial charge on any atom is -0.465 e. The summed E-state index contributed by atoms with van der Waals surface area (Å²) in [6, 6.07) is 12.3. The molecule has 0 spiro atoms. The summed E-state index contributed by atoms with van der Waals surface area (Å²) in [7, 11) is 1.32. The minimum absolute atomic E-state index is 0.163. The van der Waals surface area contributed by atoms with Crippen molar-refractivity contribution in [2.45, 2.75) is 6.54 Å². The molecule has 0 atom stereocenters. The number of carbonyl (C=O) groups excluding carboxylic acids is 2. The van der Waals surface area contributed by atoms with Crippen molar-refractivity contribution in [2.24, 2.45) is 0 Å². The molecule has 2 aromatic carbocycles. The fourth-order valence-electron chi connectivity index (χ4n) is 2.58. The van der Waals surface area contributed by atoms with Crippen molar-refractivity contribution in [2.75, 3.05) is 12.0 Å². The second-order valence-corrected chi connectivity index (χ2v) is 4.92. The fourth-order valence-corrected chi connectivity index (χ4v) is 2.58. The number of terminal acetylenes is 1. The maximum Gasteiger partial charge on any atom is 0.339 e. The highest BCUT2D eigenvalue weighted by Crippen LogP contribution is 2.31. The van der Waals surface area contributed by atoms with Crippen molar-refractivity contribution in [3.05, 3.63) is 64.7 Å². The van der Waals surface area contributed by atoms with E-state index < -0.39 is 5.97 Å². The van der Waals surface area contributed by atoms with Gasteiger partial charge in [0.2, 0.25) is 0 Å². The molecule has 0 aromatic heterocycles. The van der Waals surface area contributed by atoms with Gasteiger partial charge in [-0.3, -0.25) is 4.79 Å². The van der Waals surface area contributed by atoms with Crippen molar-refractivity contribution in [1.82, 2.24) is 0 Å². The molecule has 1 aliphatic heterocycles. The van der Waals surface area contributed by atoms with Gasteiger partial charge >= 0.3 is 5.97 Å². The molecule has 4 nitrogen and oxygen atoms in total. The summed E-state index contributed by atoms with van der Waals surface area (Å²) in [6.45, 7) is 0.410. The molecule has 0 unspecified atom stereocenters. The second kappa shape index (κ2) is 5.38. The van der Waals surface area contributed by atoms with Crippen molar-refractivity contribution in [3.63, 3.8) is 0 Å². The number of rotatable bonds is 2. The van der Waals surface area contributed by atoms with Crippen LogP contribution in [0.1, 0.15) is 31.8 Å². The lowest BCUT2D eigenvalue weighted by Crippen LogP contribution is -2.25. The number of hydrogen-bond acceptors (Lipinski definition) is 3. The second-order valence-electron chi connectivity index (χ2n) is 4.92. The van der Waals surface area contributed by atoms with Crippen LogP contribution in [0.3, 0.4) is 0 Å². The van der Waals surface area contributed by atoms with Crippen LogP contribution in [0.15, 0.2) is 42.5 Å². The van der Waals surface area contributed by atoms with Gasteiger partial charge in [0.05, 0.1) is 24.9 Å². The average Bonchev–Trinajstić information content (AvgIpc) is 2.90. The monoisotopic (exact) mass is 291 g/mol. The third-order valence-electron chi connectivity index (χ3n) is 3.68. The number of hydrogen-bond donors (Lipinski definition) is 0. The van der Waals surface area contributed by atoms with Crippen LogP contribution in [0.4, 0.5) is 5.69 Å². The lowest BCUT2D eigenvalue weighted by atomic mass is 10.1. The Morgan fingerprint density at radius 3 is 2.77 bits per heavy atom. The number of amides is 1. The topological polar surface area (TPSA) is 46.6 Å². The lowest BCUT2D eigenvalue weighted by Gasteiger charge is -2.18. The highest BCUT2D eigenvalue weighted by Gasteiger charge is 2.31. The van der Waals surface area contributed by atoms with E-state index in [0.717, 1.165) is 5.56 Å². The lowest BCUT2D eigenvalue weighted by molar-refractivity contribution is 0.0601. The molecule has 0 saturated carbocycles. The van der Waals surface area contributed by atoms with Gasteiger partial charge in [0.1, 0.15) is 0 Å². The summed E-state index contributed by atoms with van der Waals surface area (Å²) in [5, 5.41) is 0. The predicted octanol–water partition coefficient (Wildman–Crippen LogP) is 2.61. The van der Waals surface area contributed by atoms with Gasteiger partial charge in [0, 0.05) is 11.1 Å². The zero-order chi connectivity index (χ0) is 15.7. The smallest absolute Gasteiger partial charge is 0.339 e. The number of nitrogens with zero attached hydrogens (tertiary/aromatic N) is 1. The van der Waals surface area contributed by atoms with Gasteiger partial charge in [0.25, 0.3) is 5.91 Å². The minimum atomic E-state index is -0.469. The van der Waals surface area contributed by atoms with E-state index in [1.165, 1.54) is 7.11 Å². The molecule has 4 heteroatoms. The first-order valence-corrected chi connectivity index (χ1v) is 6.74. The molecule has 0 saturated heterocycles. The van der Waals surface area contributed by atoms with Gasteiger partial charge in [-0.25, -0.2) is 4.79 Å². The summed E-state index contributed by atoms with van der Waals surface area (Å²) in [5.74, 6) is 1.89. The van der Waals surface area contributed by atoms with Crippen LogP contribution in [0, 0.1) is 12.3 Å². The predicted molar refractivity (Wildman–Crippen MR) is 82.7 cm³/mol. The molecule has 0 radical (unpaired) electrons. The molecule has 1 heterocycles. The first kappa shape index (κ1) is 13.9. The van der Waals surface area contributed by atoms with Gasteiger partial charge in [-0.2, -0.15) is 0 Å². The number of carbonyl (C=O) groups is 2. The number of fused-ring (bicyclic) bond motifs is 1. The average molecular weight is 291 g/mol. The summed E-state index contributed by atoms with van der Waals surface area (Å²) in [4.78, 5) is 26.1. The first-order chi connectivity index (χ1) is 10.7. The zero-order valence-corrected chi connectivity index (χ0v) is 12.0. The Morgan fingerprint density at radius 2 is 2.05 bits per heavy atom. The third-order valence-corrected chi connectivity index (χ3v) is 3.68. The molecule has 1 aliphatic rings. The van der Waals surface area contributed by atoms with Crippen LogP contribution in [0.2, 0.25) is 0 Å². The van der Waals surface area contributed by atoms with Gasteiger partial charge in [0.15, 0.2) is 0 Å². The molecule has 108 valence electrons. The van der Waals surface area contributed by atoms with Crippen LogP contribution >= 0.6 is 0 Å². The van der Waals surface area contributed by atoms with Crippen molar-refractivity contribution >= 4 is 17.6 Å². The SMILES string of the molecule is C#Cc1ccc2c(c1)C(=O)N(c1ccccc1C(=O)OC)C2. The zero-order valence-electron chi connectivity index (χ0n) is 12.0. The van der Waals surface area contributed by atoms with Gasteiger partial charge in [-0.1, -0.05) is 24.1 Å². The molecule has 22 heavy (non-hydrogen) atoms. The Bertz CT molecular complexity index is 817. The molecule has 0 aliphatic carbocycles. The van der Waals surface area contributed by atoms with E-state index in [2.05, 4.69) is 5.92 Å². The fraction of sp³-hybridized carbons (Fsp3) is 0.111. The van der Waals surface area contributed by atoms with E-state index >= 15 is 0 Å². The summed E-state index contributed by atoms with van der Waals surface area (Å²) in [5.41, 5.74) is 3.04. The normalized spacial score (nSPS) is 12.7. The van der Waals surface area contributed by atoms with Crippen LogP contribution < -0.4 is 4.90 Å². The van der Waals surface area contributed by atoms with Crippen LogP contribution in [-0.4, -0.2) is 19.0 Å². The first-order valence-electron chi connectivity index (χ1n) is 6.74. The highest BCUT2D eigenvalue weighted by molar-refractivity contribution is 6.12. The van der Waals surface area contributed by atoms with Crippen LogP contribution in [0.25, 0.3) is 0 Å². The molecule has 2 aromatic rings. The summed E-state index contributed by atoms with van der Waals surface area (Å²) in [6.07, 6.45) is 5.38. The number of para-hydroxylation sites is 1. The molecule has 1 amide bonds. The summed E-state index contributed by atoms with van der Waals surface area (Å²) < 4.78 is 4.78. The highest BCUT2D eigenvalue weighted by atomic mass is 16.5. The van der Waals surface area contributed by atoms with Gasteiger partial charge in [-0.05, 0) is 29.8 Å². The number of ether oxygens (including phenoxy) is 1. The van der Waals surface area contributed by atoms with Crippen LogP contribution in [-0.2, 0) is 11.3 Å². The quantitative estimate of drug-likeness (QED) is 0.631. The summed E-state index contributed by atoms with van der Waals surface area (Å²) >= 11 is 0. The van der Waals surface area contributed by atoms with Crippen LogP contribution in [0.5, 0.6) is 0 Å². The van der Waals surface area contributed by atoms with E-state index in [4.69, 9.17) is 11.2 Å². The number of methoxy groups -OCH3 is 1. The van der Waals surface area contributed by atoms with Gasteiger partial charge < -0.3 is 9.64 Å². The van der Waals surface area contributed by atoms with E-state index in [1.54, 1.807) is 35.2 Å². The van der Waals surface area contributed by atoms with Gasteiger partial charge in [-0.15, -0.1) is 6.42 Å². The molecule has 3 rings (SSSR count). The number of anilines is 1. The largest absolute Gasteiger partial charge is 0.465 e. The van der Waals surface area contributed by atoms with Crippen molar-refractivity contribution in [1.29, 1.82) is 0 Å². The van der Waals surface area contributed by atoms with Crippen molar-refractivity contribution in [3.8, 4) is 12.3 Å². The Kier molecular flexibility index (Phi) is 3.40. The van der Waals surface area contributed by atoms with E-state index in [1.807, 2.05) is 12.1 Å². The Hall–Kier alpha value is -3.06. The number of benzene rings is 2. The Morgan fingerprint density at radius 1 is 1.27 bits per heavy atom. The Labute approximate surface area is 128 Å². The van der Waals surface area contributed by atoms with Crippen molar-refractivity contribution < 1.29 is 14.3 Å². The standard InChI is InChI=1S/C18H13NO3/c1-3-12-8-9-13-11-19(17(20)15(13)10-12)16-7-5-4-6-14(16)18(21)22-2/h1,4-10H,11H2,2H3. The van der Waals surface area contributed by atoms with E-state index in [0.29, 0.717) is 28.9 Å². The Balaban J connectivity index is 2.05. The van der Waals surface area contributed by atoms with E-state index in [-0.39, 0.29) is 5.91 Å². The third kappa shape index (κ3) is 2.13. The molecule has 0 N–H and O–H groups in total. The maximum atomic E-state index is 12.6.